The lowest BCUT2D eigenvalue weighted by Crippen LogP contribution is -1.88. The zero-order valence-corrected chi connectivity index (χ0v) is 16.8. The van der Waals surface area contributed by atoms with Gasteiger partial charge in [0, 0.05) is 51.6 Å². The van der Waals surface area contributed by atoms with Crippen LogP contribution in [0.4, 0.5) is 10.1 Å². The number of hydrogen-bond donors (Lipinski definition) is 3. The number of aromatic nitrogens is 5. The lowest BCUT2D eigenvalue weighted by atomic mass is 10.0. The van der Waals surface area contributed by atoms with Crippen LogP contribution in [0.1, 0.15) is 0 Å². The van der Waals surface area contributed by atoms with E-state index in [4.69, 9.17) is 5.73 Å². The molecule has 6 aromatic rings. The van der Waals surface area contributed by atoms with Crippen LogP contribution in [0.2, 0.25) is 0 Å². The van der Waals surface area contributed by atoms with Crippen molar-refractivity contribution in [2.75, 3.05) is 5.73 Å². The predicted octanol–water partition coefficient (Wildman–Crippen LogP) is 5.56. The molecular formula is C25H17FN6. The molecule has 0 saturated heterocycles. The van der Waals surface area contributed by atoms with Crippen LogP contribution in [-0.4, -0.2) is 25.1 Å². The number of nitrogens with zero attached hydrogens (tertiary/aromatic N) is 3. The first-order valence-electron chi connectivity index (χ1n) is 10.1. The summed E-state index contributed by atoms with van der Waals surface area (Å²) in [5.41, 5.74) is 12.8. The summed E-state index contributed by atoms with van der Waals surface area (Å²) in [6, 6.07) is 18.5. The van der Waals surface area contributed by atoms with Gasteiger partial charge in [-0.05, 0) is 35.9 Å². The minimum absolute atomic E-state index is 0.251. The van der Waals surface area contributed by atoms with Crippen molar-refractivity contribution in [1.29, 1.82) is 0 Å². The maximum absolute atomic E-state index is 14.5. The van der Waals surface area contributed by atoms with Crippen molar-refractivity contribution in [2.45, 2.75) is 0 Å². The first-order chi connectivity index (χ1) is 15.7. The number of nitrogens with two attached hydrogens (primary N) is 1. The molecule has 0 fully saturated rings. The summed E-state index contributed by atoms with van der Waals surface area (Å²) in [4.78, 5) is 12.1. The highest BCUT2D eigenvalue weighted by molar-refractivity contribution is 6.01. The first kappa shape index (κ1) is 18.3. The monoisotopic (exact) mass is 420 g/mol. The number of hydrogen-bond acceptors (Lipinski definition) is 4. The van der Waals surface area contributed by atoms with Gasteiger partial charge in [-0.3, -0.25) is 10.1 Å². The second-order valence-electron chi connectivity index (χ2n) is 7.63. The average molecular weight is 420 g/mol. The third kappa shape index (κ3) is 2.91. The number of halogens is 1. The minimum atomic E-state index is -0.251. The van der Waals surface area contributed by atoms with Crippen LogP contribution in [0.5, 0.6) is 0 Å². The number of aromatic amines is 2. The Balaban J connectivity index is 1.52. The molecule has 0 unspecified atom stereocenters. The number of fused-ring (bicyclic) bond motifs is 2. The standard InChI is InChI=1S/C25H17FN6/c26-21-6-2-1-4-18(21)17-5-3-7-22-19(17)10-23(30-22)24-20-9-15(12-29-25(20)32-31-24)14-8-16(27)13-28-11-14/h1-13,30H,27H2,(H,29,31,32). The number of anilines is 1. The van der Waals surface area contributed by atoms with Crippen molar-refractivity contribution in [3.63, 3.8) is 0 Å². The molecule has 7 heteroatoms. The van der Waals surface area contributed by atoms with E-state index in [1.165, 1.54) is 6.07 Å². The van der Waals surface area contributed by atoms with Gasteiger partial charge in [-0.25, -0.2) is 9.37 Å². The minimum Gasteiger partial charge on any atom is -0.397 e. The molecule has 0 aliphatic heterocycles. The zero-order valence-electron chi connectivity index (χ0n) is 16.8. The van der Waals surface area contributed by atoms with Gasteiger partial charge < -0.3 is 10.7 Å². The molecule has 4 heterocycles. The Hall–Kier alpha value is -4.52. The Kier molecular flexibility index (Phi) is 4.01. The summed E-state index contributed by atoms with van der Waals surface area (Å²) in [5, 5.41) is 9.24. The number of benzene rings is 2. The molecule has 32 heavy (non-hydrogen) atoms. The van der Waals surface area contributed by atoms with Gasteiger partial charge in [0.1, 0.15) is 5.82 Å². The molecule has 6 nitrogen and oxygen atoms in total. The Morgan fingerprint density at radius 1 is 0.812 bits per heavy atom. The zero-order chi connectivity index (χ0) is 21.7. The summed E-state index contributed by atoms with van der Waals surface area (Å²) in [5.74, 6) is -0.251. The molecule has 0 aliphatic carbocycles. The van der Waals surface area contributed by atoms with Crippen LogP contribution in [0.25, 0.3) is 55.6 Å². The van der Waals surface area contributed by atoms with E-state index >= 15 is 0 Å². The van der Waals surface area contributed by atoms with Crippen LogP contribution in [-0.2, 0) is 0 Å². The fraction of sp³-hybridized carbons (Fsp3) is 0. The van der Waals surface area contributed by atoms with E-state index in [9.17, 15) is 4.39 Å². The molecule has 0 aliphatic rings. The third-order valence-electron chi connectivity index (χ3n) is 5.60. The number of nitrogens with one attached hydrogen (secondary N) is 2. The molecule has 6 rings (SSSR count). The highest BCUT2D eigenvalue weighted by Gasteiger charge is 2.15. The molecular weight excluding hydrogens is 403 g/mol. The van der Waals surface area contributed by atoms with Crippen LogP contribution < -0.4 is 5.73 Å². The normalized spacial score (nSPS) is 11.4. The fourth-order valence-electron chi connectivity index (χ4n) is 4.08. The van der Waals surface area contributed by atoms with Crippen molar-refractivity contribution >= 4 is 27.6 Å². The van der Waals surface area contributed by atoms with Gasteiger partial charge in [-0.15, -0.1) is 0 Å². The van der Waals surface area contributed by atoms with Crippen molar-refractivity contribution in [1.82, 2.24) is 25.1 Å². The lowest BCUT2D eigenvalue weighted by Gasteiger charge is -2.04. The van der Waals surface area contributed by atoms with E-state index in [0.29, 0.717) is 16.9 Å². The molecule has 4 aromatic heterocycles. The molecule has 0 radical (unpaired) electrons. The average Bonchev–Trinajstić information content (AvgIpc) is 3.43. The Labute approximate surface area is 182 Å². The smallest absolute Gasteiger partial charge is 0.181 e. The van der Waals surface area contributed by atoms with Gasteiger partial charge >= 0.3 is 0 Å². The quantitative estimate of drug-likeness (QED) is 0.349. The van der Waals surface area contributed by atoms with Gasteiger partial charge in [0.25, 0.3) is 0 Å². The van der Waals surface area contributed by atoms with E-state index in [2.05, 4.69) is 25.1 Å². The summed E-state index contributed by atoms with van der Waals surface area (Å²) in [6.07, 6.45) is 5.11. The van der Waals surface area contributed by atoms with E-state index in [-0.39, 0.29) is 5.82 Å². The van der Waals surface area contributed by atoms with Gasteiger partial charge in [-0.1, -0.05) is 30.3 Å². The first-order valence-corrected chi connectivity index (χ1v) is 10.1. The van der Waals surface area contributed by atoms with Crippen LogP contribution in [0, 0.1) is 5.82 Å². The van der Waals surface area contributed by atoms with E-state index in [0.717, 1.165) is 44.4 Å². The summed E-state index contributed by atoms with van der Waals surface area (Å²) < 4.78 is 14.5. The summed E-state index contributed by atoms with van der Waals surface area (Å²) in [7, 11) is 0. The lowest BCUT2D eigenvalue weighted by molar-refractivity contribution is 0.631. The van der Waals surface area contributed by atoms with E-state index < -0.39 is 0 Å². The number of pyridine rings is 2. The van der Waals surface area contributed by atoms with Crippen molar-refractivity contribution in [2.24, 2.45) is 0 Å². The molecule has 0 atom stereocenters. The third-order valence-corrected chi connectivity index (χ3v) is 5.60. The van der Waals surface area contributed by atoms with Gasteiger partial charge in [0.15, 0.2) is 5.65 Å². The molecule has 0 bridgehead atoms. The molecule has 0 saturated carbocycles. The van der Waals surface area contributed by atoms with Crippen LogP contribution in [0.3, 0.4) is 0 Å². The second-order valence-corrected chi connectivity index (χ2v) is 7.63. The highest BCUT2D eigenvalue weighted by Crippen LogP contribution is 2.35. The van der Waals surface area contributed by atoms with Crippen molar-refractivity contribution < 1.29 is 4.39 Å². The Bertz CT molecular complexity index is 1610. The summed E-state index contributed by atoms with van der Waals surface area (Å²) >= 11 is 0. The molecule has 2 aromatic carbocycles. The van der Waals surface area contributed by atoms with E-state index in [1.807, 2.05) is 42.5 Å². The molecule has 0 amide bonds. The fourth-order valence-corrected chi connectivity index (χ4v) is 4.08. The van der Waals surface area contributed by atoms with Crippen LogP contribution >= 0.6 is 0 Å². The largest absolute Gasteiger partial charge is 0.397 e. The van der Waals surface area contributed by atoms with Crippen LogP contribution in [0.15, 0.2) is 79.3 Å². The maximum Gasteiger partial charge on any atom is 0.181 e. The number of nitrogen functional groups attached to an aromatic ring is 1. The summed E-state index contributed by atoms with van der Waals surface area (Å²) in [6.45, 7) is 0. The Morgan fingerprint density at radius 2 is 1.66 bits per heavy atom. The number of rotatable bonds is 3. The van der Waals surface area contributed by atoms with Crippen molar-refractivity contribution in [3.05, 3.63) is 85.1 Å². The van der Waals surface area contributed by atoms with Crippen molar-refractivity contribution in [3.8, 4) is 33.6 Å². The van der Waals surface area contributed by atoms with E-state index in [1.54, 1.807) is 30.7 Å². The topological polar surface area (TPSA) is 96.3 Å². The second kappa shape index (κ2) is 7.02. The molecule has 154 valence electrons. The van der Waals surface area contributed by atoms with Gasteiger partial charge in [0.05, 0.1) is 17.1 Å². The number of H-pyrrole nitrogens is 2. The Morgan fingerprint density at radius 3 is 2.53 bits per heavy atom. The van der Waals surface area contributed by atoms with Gasteiger partial charge in [0.2, 0.25) is 0 Å². The molecule has 4 N–H and O–H groups in total. The maximum atomic E-state index is 14.5. The predicted molar refractivity (Wildman–Crippen MR) is 124 cm³/mol. The highest BCUT2D eigenvalue weighted by atomic mass is 19.1. The SMILES string of the molecule is Nc1cncc(-c2cnc3n[nH]c(-c4cc5c(-c6ccccc6F)cccc5[nH]4)c3c2)c1. The molecule has 0 spiro atoms. The van der Waals surface area contributed by atoms with Gasteiger partial charge in [-0.2, -0.15) is 5.10 Å².